The predicted octanol–water partition coefficient (Wildman–Crippen LogP) is 4.21. The van der Waals surface area contributed by atoms with E-state index in [1.54, 1.807) is 20.0 Å². The lowest BCUT2D eigenvalue weighted by molar-refractivity contribution is -0.145. The van der Waals surface area contributed by atoms with Crippen LogP contribution >= 0.6 is 0 Å². The smallest absolute Gasteiger partial charge is 0.451 e. The second-order valence-electron chi connectivity index (χ2n) is 12.1. The average Bonchev–Trinajstić information content (AvgIpc) is 3.65. The molecule has 2 fully saturated rings. The van der Waals surface area contributed by atoms with Crippen LogP contribution in [0.1, 0.15) is 57.5 Å². The van der Waals surface area contributed by atoms with E-state index >= 15 is 0 Å². The highest BCUT2D eigenvalue weighted by atomic mass is 19.4. The number of aliphatic hydroxyl groups excluding tert-OH is 1. The zero-order valence-electron chi connectivity index (χ0n) is 23.8. The van der Waals surface area contributed by atoms with Crippen molar-refractivity contribution in [3.05, 3.63) is 48.6 Å². The number of nitrogens with zero attached hydrogens (tertiary/aromatic N) is 8. The summed E-state index contributed by atoms with van der Waals surface area (Å²) in [6, 6.07) is 5.91. The van der Waals surface area contributed by atoms with Gasteiger partial charge in [0.05, 0.1) is 36.7 Å². The number of rotatable bonds is 8. The molecule has 0 unspecified atom stereocenters. The van der Waals surface area contributed by atoms with Crippen LogP contribution in [0.5, 0.6) is 5.88 Å². The topological polar surface area (TPSA) is 142 Å². The molecule has 0 radical (unpaired) electrons. The summed E-state index contributed by atoms with van der Waals surface area (Å²) >= 11 is 0. The summed E-state index contributed by atoms with van der Waals surface area (Å²) in [7, 11) is 0. The molecule has 1 saturated heterocycles. The molecule has 14 heteroatoms. The van der Waals surface area contributed by atoms with Crippen LogP contribution in [0, 0.1) is 11.3 Å². The zero-order valence-corrected chi connectivity index (χ0v) is 23.8. The first-order valence-electron chi connectivity index (χ1n) is 14.2. The Morgan fingerprint density at radius 2 is 1.93 bits per heavy atom. The van der Waals surface area contributed by atoms with Crippen molar-refractivity contribution in [1.29, 1.82) is 5.26 Å². The number of nitriles is 1. The van der Waals surface area contributed by atoms with Gasteiger partial charge in [0.2, 0.25) is 11.7 Å². The van der Waals surface area contributed by atoms with Crippen LogP contribution in [0.3, 0.4) is 0 Å². The fourth-order valence-electron chi connectivity index (χ4n) is 6.00. The first-order chi connectivity index (χ1) is 20.5. The summed E-state index contributed by atoms with van der Waals surface area (Å²) in [6.45, 7) is 4.20. The summed E-state index contributed by atoms with van der Waals surface area (Å²) < 4.78 is 48.3. The van der Waals surface area contributed by atoms with Crippen LogP contribution < -0.4 is 4.74 Å². The van der Waals surface area contributed by atoms with Crippen molar-refractivity contribution >= 4 is 11.0 Å². The normalized spacial score (nSPS) is 21.0. The minimum atomic E-state index is -4.73. The van der Waals surface area contributed by atoms with Gasteiger partial charge in [0.15, 0.2) is 0 Å². The molecule has 2 aliphatic rings. The van der Waals surface area contributed by atoms with Gasteiger partial charge in [0, 0.05) is 54.0 Å². The third-order valence-corrected chi connectivity index (χ3v) is 8.59. The van der Waals surface area contributed by atoms with E-state index < -0.39 is 23.0 Å². The highest BCUT2D eigenvalue weighted by Crippen LogP contribution is 2.39. The van der Waals surface area contributed by atoms with Gasteiger partial charge < -0.3 is 14.8 Å². The fraction of sp³-hybridized carbons (Fsp3) is 0.517. The van der Waals surface area contributed by atoms with Gasteiger partial charge in [0.25, 0.3) is 0 Å². The number of aromatic nitrogens is 7. The molecule has 1 aliphatic heterocycles. The highest BCUT2D eigenvalue weighted by Gasteiger charge is 2.48. The van der Waals surface area contributed by atoms with Crippen LogP contribution in [-0.2, 0) is 17.1 Å². The van der Waals surface area contributed by atoms with Gasteiger partial charge in [-0.1, -0.05) is 13.8 Å². The number of aromatic amines is 1. The lowest BCUT2D eigenvalue weighted by atomic mass is 9.82. The Morgan fingerprint density at radius 1 is 1.16 bits per heavy atom. The van der Waals surface area contributed by atoms with E-state index in [1.165, 1.54) is 12.4 Å². The Labute approximate surface area is 245 Å². The van der Waals surface area contributed by atoms with Gasteiger partial charge in [-0.3, -0.25) is 9.58 Å². The molecular weight excluding hydrogens is 563 g/mol. The fourth-order valence-corrected chi connectivity index (χ4v) is 6.00. The number of hydrogen-bond donors (Lipinski definition) is 2. The molecule has 0 atom stereocenters. The van der Waals surface area contributed by atoms with Crippen molar-refractivity contribution < 1.29 is 23.0 Å². The number of aliphatic hydroxyl groups is 1. The van der Waals surface area contributed by atoms with Gasteiger partial charge in [-0.2, -0.15) is 28.5 Å². The number of ether oxygens (including phenoxy) is 1. The molecule has 6 rings (SSSR count). The zero-order chi connectivity index (χ0) is 30.4. The molecule has 0 spiro atoms. The van der Waals surface area contributed by atoms with Gasteiger partial charge in [0.1, 0.15) is 23.6 Å². The van der Waals surface area contributed by atoms with E-state index in [4.69, 9.17) is 4.74 Å². The Bertz CT molecular complexity index is 1640. The number of hydrogen-bond acceptors (Lipinski definition) is 9. The monoisotopic (exact) mass is 595 g/mol. The summed E-state index contributed by atoms with van der Waals surface area (Å²) in [5, 5.41) is 24.8. The number of likely N-dealkylation sites (tertiary alicyclic amines) is 1. The van der Waals surface area contributed by atoms with Gasteiger partial charge >= 0.3 is 6.18 Å². The molecular formula is C29H32F3N9O2. The molecule has 4 aromatic rings. The third kappa shape index (κ3) is 5.54. The Kier molecular flexibility index (Phi) is 7.34. The Balaban J connectivity index is 1.10. The van der Waals surface area contributed by atoms with E-state index in [0.29, 0.717) is 32.4 Å². The van der Waals surface area contributed by atoms with Gasteiger partial charge in [-0.25, -0.2) is 15.0 Å². The molecule has 1 saturated carbocycles. The molecule has 5 heterocycles. The molecule has 0 bridgehead atoms. The SMILES string of the molecule is CC(C)(CO)c1cc(OC2CCC(N3CC(CC#N)(n4cc(-c5ncnc6[nH]ccc56)cn4)C3)CC2)nc(C(F)(F)F)n1. The minimum absolute atomic E-state index is 0.0782. The van der Waals surface area contributed by atoms with Crippen molar-refractivity contribution in [3.8, 4) is 23.2 Å². The second-order valence-corrected chi connectivity index (χ2v) is 12.1. The molecule has 226 valence electrons. The predicted molar refractivity (Wildman–Crippen MR) is 149 cm³/mol. The van der Waals surface area contributed by atoms with Crippen LogP contribution in [-0.4, -0.2) is 76.5 Å². The molecule has 1 aliphatic carbocycles. The second kappa shape index (κ2) is 10.9. The van der Waals surface area contributed by atoms with E-state index in [0.717, 1.165) is 35.1 Å². The number of alkyl halides is 3. The van der Waals surface area contributed by atoms with Crippen molar-refractivity contribution in [3.63, 3.8) is 0 Å². The number of fused-ring (bicyclic) bond motifs is 1. The summed E-state index contributed by atoms with van der Waals surface area (Å²) in [5.74, 6) is -1.40. The van der Waals surface area contributed by atoms with Crippen molar-refractivity contribution in [2.45, 2.75) is 75.2 Å². The number of H-pyrrole nitrogens is 1. The number of halogens is 3. The lowest BCUT2D eigenvalue weighted by Crippen LogP contribution is -2.65. The van der Waals surface area contributed by atoms with Crippen molar-refractivity contribution in [2.75, 3.05) is 19.7 Å². The maximum atomic E-state index is 13.5. The minimum Gasteiger partial charge on any atom is -0.474 e. The Morgan fingerprint density at radius 3 is 2.63 bits per heavy atom. The van der Waals surface area contributed by atoms with Crippen LogP contribution in [0.15, 0.2) is 37.1 Å². The Hall–Kier alpha value is -4.09. The lowest BCUT2D eigenvalue weighted by Gasteiger charge is -2.53. The van der Waals surface area contributed by atoms with E-state index in [-0.39, 0.29) is 30.3 Å². The average molecular weight is 596 g/mol. The molecule has 0 amide bonds. The highest BCUT2D eigenvalue weighted by molar-refractivity contribution is 5.90. The van der Waals surface area contributed by atoms with Gasteiger partial charge in [-0.15, -0.1) is 0 Å². The summed E-state index contributed by atoms with van der Waals surface area (Å²) in [4.78, 5) is 21.4. The molecule has 2 N–H and O–H groups in total. The van der Waals surface area contributed by atoms with E-state index in [1.807, 2.05) is 23.1 Å². The van der Waals surface area contributed by atoms with Crippen LogP contribution in [0.25, 0.3) is 22.3 Å². The number of nitrogens with one attached hydrogen (secondary N) is 1. The van der Waals surface area contributed by atoms with Crippen LogP contribution in [0.2, 0.25) is 0 Å². The molecule has 11 nitrogen and oxygen atoms in total. The summed E-state index contributed by atoms with van der Waals surface area (Å²) in [5.41, 5.74) is 1.02. The van der Waals surface area contributed by atoms with Crippen LogP contribution in [0.4, 0.5) is 13.2 Å². The molecule has 0 aromatic carbocycles. The first-order valence-corrected chi connectivity index (χ1v) is 14.2. The molecule has 4 aromatic heterocycles. The summed E-state index contributed by atoms with van der Waals surface area (Å²) in [6.07, 6.45) is 5.25. The maximum Gasteiger partial charge on any atom is 0.451 e. The third-order valence-electron chi connectivity index (χ3n) is 8.59. The van der Waals surface area contributed by atoms with Crippen molar-refractivity contribution in [2.24, 2.45) is 0 Å². The first kappa shape index (κ1) is 29.0. The standard InChI is InChI=1S/C29H32F3N9O2/c1-27(2,16-42)22-11-23(39-26(38-22)29(30,31)32)43-20-5-3-19(4-6-20)40-14-28(15-40,8-9-33)41-13-18(12-37-41)24-21-7-10-34-25(21)36-17-35-24/h7,10-13,17,19-20,42H,3-6,8,14-16H2,1-2H3,(H,34,35,36). The van der Waals surface area contributed by atoms with E-state index in [9.17, 15) is 23.5 Å². The molecule has 43 heavy (non-hydrogen) atoms. The maximum absolute atomic E-state index is 13.5. The van der Waals surface area contributed by atoms with Gasteiger partial charge in [-0.05, 0) is 31.7 Å². The van der Waals surface area contributed by atoms with E-state index in [2.05, 4.69) is 41.0 Å². The van der Waals surface area contributed by atoms with Crippen molar-refractivity contribution in [1.82, 2.24) is 39.6 Å². The largest absolute Gasteiger partial charge is 0.474 e. The quantitative estimate of drug-likeness (QED) is 0.306.